The van der Waals surface area contributed by atoms with Crippen molar-refractivity contribution in [2.24, 2.45) is 10.7 Å². The lowest BCUT2D eigenvalue weighted by Crippen LogP contribution is -2.38. The maximum absolute atomic E-state index is 6.21. The molecule has 0 bridgehead atoms. The van der Waals surface area contributed by atoms with Gasteiger partial charge in [-0.05, 0) is 25.5 Å². The third-order valence-electron chi connectivity index (χ3n) is 2.68. The number of nitrogens with one attached hydrogen (secondary N) is 1. The van der Waals surface area contributed by atoms with Gasteiger partial charge in [-0.15, -0.1) is 24.0 Å². The van der Waals surface area contributed by atoms with Gasteiger partial charge in [-0.1, -0.05) is 43.6 Å². The molecule has 0 aliphatic heterocycles. The molecule has 108 valence electrons. The maximum Gasteiger partial charge on any atom is 0.188 e. The Labute approximate surface area is 138 Å². The summed E-state index contributed by atoms with van der Waals surface area (Å²) >= 11 is 6.21. The lowest BCUT2D eigenvalue weighted by molar-refractivity contribution is 0.538. The van der Waals surface area contributed by atoms with E-state index in [0.29, 0.717) is 12.5 Å². The van der Waals surface area contributed by atoms with Gasteiger partial charge in [0.1, 0.15) is 0 Å². The molecule has 0 radical (unpaired) electrons. The Kier molecular flexibility index (Phi) is 7.74. The van der Waals surface area contributed by atoms with Crippen LogP contribution < -0.4 is 11.1 Å². The normalized spacial score (nSPS) is 12.2. The summed E-state index contributed by atoms with van der Waals surface area (Å²) in [4.78, 5) is 4.38. The molecule has 0 fully saturated rings. The predicted octanol–water partition coefficient (Wildman–Crippen LogP) is 3.55. The van der Waals surface area contributed by atoms with E-state index in [1.54, 1.807) is 0 Å². The molecule has 0 unspecified atom stereocenters. The van der Waals surface area contributed by atoms with Crippen LogP contribution in [0.4, 0.5) is 0 Å². The van der Waals surface area contributed by atoms with E-state index < -0.39 is 0 Å². The summed E-state index contributed by atoms with van der Waals surface area (Å²) in [6, 6.07) is 8.14. The first-order chi connectivity index (χ1) is 8.33. The van der Waals surface area contributed by atoms with Crippen LogP contribution in [0, 0.1) is 0 Å². The average Bonchev–Trinajstić information content (AvgIpc) is 2.26. The highest BCUT2D eigenvalue weighted by Crippen LogP contribution is 2.29. The second-order valence-electron chi connectivity index (χ2n) is 5.36. The van der Waals surface area contributed by atoms with E-state index in [0.717, 1.165) is 10.6 Å². The first kappa shape index (κ1) is 18.5. The van der Waals surface area contributed by atoms with Gasteiger partial charge in [-0.3, -0.25) is 4.99 Å². The van der Waals surface area contributed by atoms with Crippen molar-refractivity contribution in [3.8, 4) is 0 Å². The standard InChI is InChI=1S/C14H22ClN3.HI/c1-10(2)18-13(16)17-9-14(3,4)11-7-5-6-8-12(11)15;/h5-8,10H,9H2,1-4H3,(H3,16,17,18);1H. The summed E-state index contributed by atoms with van der Waals surface area (Å²) in [6.07, 6.45) is 0. The third-order valence-corrected chi connectivity index (χ3v) is 3.01. The Balaban J connectivity index is 0.00000324. The molecular formula is C14H23ClIN3. The predicted molar refractivity (Wildman–Crippen MR) is 94.7 cm³/mol. The number of nitrogens with two attached hydrogens (primary N) is 1. The van der Waals surface area contributed by atoms with E-state index in [1.165, 1.54) is 0 Å². The van der Waals surface area contributed by atoms with Crippen molar-refractivity contribution >= 4 is 41.5 Å². The van der Waals surface area contributed by atoms with Crippen LogP contribution in [-0.4, -0.2) is 18.5 Å². The van der Waals surface area contributed by atoms with E-state index in [-0.39, 0.29) is 35.4 Å². The number of halogens is 2. The molecule has 0 saturated heterocycles. The highest BCUT2D eigenvalue weighted by atomic mass is 127. The topological polar surface area (TPSA) is 50.4 Å². The Morgan fingerprint density at radius 2 is 1.95 bits per heavy atom. The van der Waals surface area contributed by atoms with Crippen molar-refractivity contribution in [2.75, 3.05) is 6.54 Å². The zero-order valence-corrected chi connectivity index (χ0v) is 15.0. The molecule has 1 rings (SSSR count). The van der Waals surface area contributed by atoms with Crippen molar-refractivity contribution in [1.29, 1.82) is 0 Å². The molecule has 0 saturated carbocycles. The van der Waals surface area contributed by atoms with E-state index in [2.05, 4.69) is 24.2 Å². The zero-order chi connectivity index (χ0) is 13.8. The highest BCUT2D eigenvalue weighted by molar-refractivity contribution is 14.0. The summed E-state index contributed by atoms with van der Waals surface area (Å²) in [7, 11) is 0. The summed E-state index contributed by atoms with van der Waals surface area (Å²) in [5.41, 5.74) is 6.76. The summed E-state index contributed by atoms with van der Waals surface area (Å²) in [5.74, 6) is 0.477. The molecule has 0 amide bonds. The number of nitrogens with zero attached hydrogens (tertiary/aromatic N) is 1. The van der Waals surface area contributed by atoms with E-state index in [9.17, 15) is 0 Å². The second-order valence-corrected chi connectivity index (χ2v) is 5.77. The Bertz CT molecular complexity index is 430. The molecule has 19 heavy (non-hydrogen) atoms. The minimum absolute atomic E-state index is 0. The third kappa shape index (κ3) is 5.99. The molecule has 3 N–H and O–H groups in total. The molecule has 0 spiro atoms. The second kappa shape index (κ2) is 7.94. The van der Waals surface area contributed by atoms with Crippen LogP contribution in [0.2, 0.25) is 5.02 Å². The van der Waals surface area contributed by atoms with Crippen molar-refractivity contribution in [1.82, 2.24) is 5.32 Å². The van der Waals surface area contributed by atoms with Crippen molar-refractivity contribution in [3.05, 3.63) is 34.9 Å². The molecule has 0 atom stereocenters. The highest BCUT2D eigenvalue weighted by Gasteiger charge is 2.22. The summed E-state index contributed by atoms with van der Waals surface area (Å²) < 4.78 is 0. The molecule has 0 aliphatic carbocycles. The number of hydrogen-bond donors (Lipinski definition) is 2. The molecule has 5 heteroatoms. The van der Waals surface area contributed by atoms with E-state index in [1.807, 2.05) is 38.1 Å². The van der Waals surface area contributed by atoms with Crippen LogP contribution in [0.15, 0.2) is 29.3 Å². The van der Waals surface area contributed by atoms with Gasteiger partial charge in [0.15, 0.2) is 5.96 Å². The van der Waals surface area contributed by atoms with Crippen LogP contribution >= 0.6 is 35.6 Å². The van der Waals surface area contributed by atoms with Crippen molar-refractivity contribution < 1.29 is 0 Å². The Hall–Kier alpha value is -0.490. The molecule has 0 aliphatic rings. The first-order valence-electron chi connectivity index (χ1n) is 6.14. The quantitative estimate of drug-likeness (QED) is 0.465. The van der Waals surface area contributed by atoms with Crippen LogP contribution in [-0.2, 0) is 5.41 Å². The fourth-order valence-corrected chi connectivity index (χ4v) is 2.11. The molecule has 0 aromatic heterocycles. The van der Waals surface area contributed by atoms with Gasteiger partial charge >= 0.3 is 0 Å². The number of aliphatic imine (C=N–C) groups is 1. The molecule has 1 aromatic rings. The minimum atomic E-state index is -0.137. The average molecular weight is 396 g/mol. The van der Waals surface area contributed by atoms with Gasteiger partial charge < -0.3 is 11.1 Å². The van der Waals surface area contributed by atoms with Crippen LogP contribution in [0.25, 0.3) is 0 Å². The lowest BCUT2D eigenvalue weighted by Gasteiger charge is -2.24. The van der Waals surface area contributed by atoms with E-state index in [4.69, 9.17) is 17.3 Å². The summed E-state index contributed by atoms with van der Waals surface area (Å²) in [5, 5.41) is 3.85. The molecule has 0 heterocycles. The van der Waals surface area contributed by atoms with Gasteiger partial charge in [0, 0.05) is 16.5 Å². The Morgan fingerprint density at radius 3 is 2.47 bits per heavy atom. The smallest absolute Gasteiger partial charge is 0.188 e. The largest absolute Gasteiger partial charge is 0.370 e. The molecular weight excluding hydrogens is 373 g/mol. The van der Waals surface area contributed by atoms with Crippen molar-refractivity contribution in [3.63, 3.8) is 0 Å². The van der Waals surface area contributed by atoms with E-state index >= 15 is 0 Å². The minimum Gasteiger partial charge on any atom is -0.370 e. The zero-order valence-electron chi connectivity index (χ0n) is 11.9. The molecule has 3 nitrogen and oxygen atoms in total. The molecule has 1 aromatic carbocycles. The number of benzene rings is 1. The first-order valence-corrected chi connectivity index (χ1v) is 6.52. The fraction of sp³-hybridized carbons (Fsp3) is 0.500. The van der Waals surface area contributed by atoms with Crippen LogP contribution in [0.5, 0.6) is 0 Å². The van der Waals surface area contributed by atoms with Gasteiger partial charge in [0.25, 0.3) is 0 Å². The fourth-order valence-electron chi connectivity index (χ4n) is 1.72. The number of guanidine groups is 1. The van der Waals surface area contributed by atoms with Crippen molar-refractivity contribution in [2.45, 2.75) is 39.2 Å². The van der Waals surface area contributed by atoms with Gasteiger partial charge in [-0.2, -0.15) is 0 Å². The Morgan fingerprint density at radius 1 is 1.37 bits per heavy atom. The SMILES string of the molecule is CC(C)NC(N)=NCC(C)(C)c1ccccc1Cl.I. The van der Waals surface area contributed by atoms with Crippen LogP contribution in [0.1, 0.15) is 33.3 Å². The van der Waals surface area contributed by atoms with Gasteiger partial charge in [0.05, 0.1) is 6.54 Å². The maximum atomic E-state index is 6.21. The summed E-state index contributed by atoms with van der Waals surface area (Å²) in [6.45, 7) is 8.88. The number of rotatable bonds is 4. The van der Waals surface area contributed by atoms with Gasteiger partial charge in [-0.25, -0.2) is 0 Å². The number of hydrogen-bond acceptors (Lipinski definition) is 1. The lowest BCUT2D eigenvalue weighted by atomic mass is 9.85. The van der Waals surface area contributed by atoms with Crippen LogP contribution in [0.3, 0.4) is 0 Å². The van der Waals surface area contributed by atoms with Gasteiger partial charge in [0.2, 0.25) is 0 Å². The monoisotopic (exact) mass is 395 g/mol.